The van der Waals surface area contributed by atoms with E-state index in [1.807, 2.05) is 18.2 Å². The van der Waals surface area contributed by atoms with Crippen molar-refractivity contribution in [1.82, 2.24) is 4.90 Å². The standard InChI is InChI=1S/C13H17NO2/c15-13(14-9-4-10-16-11-14)8-7-12-5-2-1-3-6-12/h1-3,5-6H,4,7-11H2. The third-order valence-corrected chi connectivity index (χ3v) is 2.79. The van der Waals surface area contributed by atoms with Crippen LogP contribution in [0.1, 0.15) is 18.4 Å². The summed E-state index contributed by atoms with van der Waals surface area (Å²) < 4.78 is 5.26. The highest BCUT2D eigenvalue weighted by Crippen LogP contribution is 2.07. The molecule has 0 unspecified atom stereocenters. The zero-order valence-corrected chi connectivity index (χ0v) is 9.39. The van der Waals surface area contributed by atoms with Crippen LogP contribution >= 0.6 is 0 Å². The minimum absolute atomic E-state index is 0.198. The van der Waals surface area contributed by atoms with Gasteiger partial charge in [-0.1, -0.05) is 30.3 Å². The van der Waals surface area contributed by atoms with Gasteiger partial charge in [0.05, 0.1) is 6.61 Å². The molecule has 0 aromatic heterocycles. The van der Waals surface area contributed by atoms with Crippen molar-refractivity contribution in [3.05, 3.63) is 35.9 Å². The molecule has 1 fully saturated rings. The number of hydrogen-bond acceptors (Lipinski definition) is 2. The lowest BCUT2D eigenvalue weighted by molar-refractivity contribution is -0.140. The molecule has 1 aliphatic rings. The molecule has 3 nitrogen and oxygen atoms in total. The molecule has 1 aromatic carbocycles. The van der Waals surface area contributed by atoms with Gasteiger partial charge in [-0.3, -0.25) is 4.79 Å². The number of amides is 1. The fraction of sp³-hybridized carbons (Fsp3) is 0.462. The Labute approximate surface area is 96.0 Å². The van der Waals surface area contributed by atoms with Crippen molar-refractivity contribution in [3.63, 3.8) is 0 Å². The minimum Gasteiger partial charge on any atom is -0.361 e. The van der Waals surface area contributed by atoms with E-state index < -0.39 is 0 Å². The molecule has 0 bridgehead atoms. The molecule has 0 aliphatic carbocycles. The Morgan fingerprint density at radius 3 is 2.81 bits per heavy atom. The van der Waals surface area contributed by atoms with E-state index in [-0.39, 0.29) is 5.91 Å². The summed E-state index contributed by atoms with van der Waals surface area (Å²) in [5.74, 6) is 0.198. The van der Waals surface area contributed by atoms with Crippen LogP contribution < -0.4 is 0 Å². The maximum Gasteiger partial charge on any atom is 0.224 e. The molecule has 0 atom stereocenters. The summed E-state index contributed by atoms with van der Waals surface area (Å²) in [4.78, 5) is 13.6. The summed E-state index contributed by atoms with van der Waals surface area (Å²) in [6.07, 6.45) is 2.35. The number of ether oxygens (including phenoxy) is 1. The van der Waals surface area contributed by atoms with Gasteiger partial charge in [0, 0.05) is 13.0 Å². The third-order valence-electron chi connectivity index (χ3n) is 2.79. The maximum atomic E-state index is 11.8. The van der Waals surface area contributed by atoms with E-state index in [9.17, 15) is 4.79 Å². The van der Waals surface area contributed by atoms with Crippen molar-refractivity contribution in [2.75, 3.05) is 19.9 Å². The summed E-state index contributed by atoms with van der Waals surface area (Å²) in [5, 5.41) is 0. The van der Waals surface area contributed by atoms with Crippen molar-refractivity contribution in [2.24, 2.45) is 0 Å². The average molecular weight is 219 g/mol. The van der Waals surface area contributed by atoms with Gasteiger partial charge in [-0.25, -0.2) is 0 Å². The van der Waals surface area contributed by atoms with E-state index in [1.54, 1.807) is 4.90 Å². The van der Waals surface area contributed by atoms with Crippen molar-refractivity contribution in [1.29, 1.82) is 0 Å². The summed E-state index contributed by atoms with van der Waals surface area (Å²) in [7, 11) is 0. The zero-order chi connectivity index (χ0) is 11.2. The molecule has 0 radical (unpaired) electrons. The molecule has 1 heterocycles. The van der Waals surface area contributed by atoms with E-state index in [0.29, 0.717) is 13.2 Å². The second-order valence-corrected chi connectivity index (χ2v) is 4.03. The Morgan fingerprint density at radius 2 is 2.12 bits per heavy atom. The molecule has 3 heteroatoms. The van der Waals surface area contributed by atoms with E-state index in [0.717, 1.165) is 26.0 Å². The predicted molar refractivity (Wildman–Crippen MR) is 61.9 cm³/mol. The maximum absolute atomic E-state index is 11.8. The Bertz CT molecular complexity index is 331. The van der Waals surface area contributed by atoms with E-state index >= 15 is 0 Å². The predicted octanol–water partition coefficient (Wildman–Crippen LogP) is 1.83. The Hall–Kier alpha value is -1.35. The van der Waals surface area contributed by atoms with Gasteiger partial charge in [0.15, 0.2) is 0 Å². The first-order valence-corrected chi connectivity index (χ1v) is 5.76. The fourth-order valence-electron chi connectivity index (χ4n) is 1.85. The summed E-state index contributed by atoms with van der Waals surface area (Å²) in [6.45, 7) is 2.09. The molecule has 2 rings (SSSR count). The van der Waals surface area contributed by atoms with Crippen molar-refractivity contribution in [3.8, 4) is 0 Å². The lowest BCUT2D eigenvalue weighted by atomic mass is 10.1. The van der Waals surface area contributed by atoms with Crippen molar-refractivity contribution < 1.29 is 9.53 Å². The molecule has 1 aliphatic heterocycles. The average Bonchev–Trinajstić information content (AvgIpc) is 2.38. The summed E-state index contributed by atoms with van der Waals surface area (Å²) in [6, 6.07) is 10.1. The molecule has 0 N–H and O–H groups in total. The van der Waals surface area contributed by atoms with Crippen LogP contribution in [-0.4, -0.2) is 30.7 Å². The minimum atomic E-state index is 0.198. The SMILES string of the molecule is O=C(CCc1ccccc1)N1CCCOC1. The first-order chi connectivity index (χ1) is 7.86. The Kier molecular flexibility index (Phi) is 3.94. The van der Waals surface area contributed by atoms with Gasteiger partial charge in [0.1, 0.15) is 6.73 Å². The molecule has 16 heavy (non-hydrogen) atoms. The van der Waals surface area contributed by atoms with Crippen molar-refractivity contribution >= 4 is 5.91 Å². The van der Waals surface area contributed by atoms with Crippen LogP contribution in [0.3, 0.4) is 0 Å². The van der Waals surface area contributed by atoms with Crippen molar-refractivity contribution in [2.45, 2.75) is 19.3 Å². The van der Waals surface area contributed by atoms with Gasteiger partial charge >= 0.3 is 0 Å². The quantitative estimate of drug-likeness (QED) is 0.776. The van der Waals surface area contributed by atoms with Crippen LogP contribution in [0.2, 0.25) is 0 Å². The number of carbonyl (C=O) groups excluding carboxylic acids is 1. The highest BCUT2D eigenvalue weighted by molar-refractivity contribution is 5.76. The molecule has 86 valence electrons. The number of aryl methyl sites for hydroxylation is 1. The van der Waals surface area contributed by atoms with Crippen LogP contribution in [-0.2, 0) is 16.0 Å². The fourth-order valence-corrected chi connectivity index (χ4v) is 1.85. The largest absolute Gasteiger partial charge is 0.361 e. The second-order valence-electron chi connectivity index (χ2n) is 4.03. The number of hydrogen-bond donors (Lipinski definition) is 0. The van der Waals surface area contributed by atoms with Crippen LogP contribution in [0.5, 0.6) is 0 Å². The van der Waals surface area contributed by atoms with E-state index in [1.165, 1.54) is 5.56 Å². The lowest BCUT2D eigenvalue weighted by Gasteiger charge is -2.26. The summed E-state index contributed by atoms with van der Waals surface area (Å²) >= 11 is 0. The summed E-state index contributed by atoms with van der Waals surface area (Å²) in [5.41, 5.74) is 1.22. The van der Waals surface area contributed by atoms with Gasteiger partial charge in [-0.2, -0.15) is 0 Å². The second kappa shape index (κ2) is 5.66. The van der Waals surface area contributed by atoms with Crippen LogP contribution in [0.25, 0.3) is 0 Å². The molecule has 0 saturated carbocycles. The van der Waals surface area contributed by atoms with Crippen LogP contribution in [0, 0.1) is 0 Å². The van der Waals surface area contributed by atoms with Crippen LogP contribution in [0.4, 0.5) is 0 Å². The molecule has 1 amide bonds. The zero-order valence-electron chi connectivity index (χ0n) is 9.39. The number of benzene rings is 1. The highest BCUT2D eigenvalue weighted by Gasteiger charge is 2.16. The first-order valence-electron chi connectivity index (χ1n) is 5.76. The van der Waals surface area contributed by atoms with E-state index in [2.05, 4.69) is 12.1 Å². The lowest BCUT2D eigenvalue weighted by Crippen LogP contribution is -2.38. The molecule has 1 aromatic rings. The van der Waals surface area contributed by atoms with Gasteiger partial charge < -0.3 is 9.64 Å². The monoisotopic (exact) mass is 219 g/mol. The van der Waals surface area contributed by atoms with Crippen LogP contribution in [0.15, 0.2) is 30.3 Å². The van der Waals surface area contributed by atoms with Gasteiger partial charge in [0.2, 0.25) is 5.91 Å². The molecule has 1 saturated heterocycles. The first kappa shape index (κ1) is 11.1. The number of rotatable bonds is 3. The molecule has 0 spiro atoms. The third kappa shape index (κ3) is 3.07. The Balaban J connectivity index is 1.79. The number of nitrogens with zero attached hydrogens (tertiary/aromatic N) is 1. The Morgan fingerprint density at radius 1 is 1.31 bits per heavy atom. The molecular formula is C13H17NO2. The van der Waals surface area contributed by atoms with E-state index in [4.69, 9.17) is 4.74 Å². The normalized spacial score (nSPS) is 16.1. The molecular weight excluding hydrogens is 202 g/mol. The highest BCUT2D eigenvalue weighted by atomic mass is 16.5. The van der Waals surface area contributed by atoms with Gasteiger partial charge in [0.25, 0.3) is 0 Å². The van der Waals surface area contributed by atoms with Gasteiger partial charge in [-0.05, 0) is 18.4 Å². The topological polar surface area (TPSA) is 29.5 Å². The smallest absolute Gasteiger partial charge is 0.224 e. The van der Waals surface area contributed by atoms with Gasteiger partial charge in [-0.15, -0.1) is 0 Å². The number of carbonyl (C=O) groups is 1.